The molecular formula is C25H31N3O3. The maximum Gasteiger partial charge on any atom is 0.266 e. The lowest BCUT2D eigenvalue weighted by Crippen LogP contribution is -2.38. The number of carbonyl (C=O) groups is 1. The molecule has 3 aromatic rings. The van der Waals surface area contributed by atoms with Crippen molar-refractivity contribution in [3.05, 3.63) is 64.7 Å². The number of benzene rings is 2. The van der Waals surface area contributed by atoms with Crippen LogP contribution >= 0.6 is 0 Å². The van der Waals surface area contributed by atoms with E-state index in [2.05, 4.69) is 13.8 Å². The predicted octanol–water partition coefficient (Wildman–Crippen LogP) is 4.74. The largest absolute Gasteiger partial charge is 0.495 e. The summed E-state index contributed by atoms with van der Waals surface area (Å²) < 4.78 is 7.14. The molecule has 0 aliphatic rings. The van der Waals surface area contributed by atoms with Crippen LogP contribution in [0.25, 0.3) is 16.6 Å². The van der Waals surface area contributed by atoms with Crippen molar-refractivity contribution >= 4 is 16.8 Å². The van der Waals surface area contributed by atoms with Crippen LogP contribution in [-0.2, 0) is 4.79 Å². The first-order valence-electron chi connectivity index (χ1n) is 10.8. The van der Waals surface area contributed by atoms with Gasteiger partial charge in [0.15, 0.2) is 0 Å². The first kappa shape index (κ1) is 22.5. The van der Waals surface area contributed by atoms with Gasteiger partial charge in [-0.3, -0.25) is 14.2 Å². The Morgan fingerprint density at radius 3 is 2.45 bits per heavy atom. The topological polar surface area (TPSA) is 64.4 Å². The Labute approximate surface area is 183 Å². The molecular weight excluding hydrogens is 390 g/mol. The van der Waals surface area contributed by atoms with Crippen molar-refractivity contribution in [1.82, 2.24) is 14.5 Å². The molecule has 3 rings (SSSR count). The van der Waals surface area contributed by atoms with Gasteiger partial charge in [-0.05, 0) is 43.5 Å². The molecule has 6 nitrogen and oxygen atoms in total. The highest BCUT2D eigenvalue weighted by Crippen LogP contribution is 2.28. The third kappa shape index (κ3) is 4.63. The van der Waals surface area contributed by atoms with E-state index in [-0.39, 0.29) is 17.5 Å². The lowest BCUT2D eigenvalue weighted by molar-refractivity contribution is -0.133. The van der Waals surface area contributed by atoms with Crippen LogP contribution in [0.2, 0.25) is 0 Å². The molecule has 0 N–H and O–H groups in total. The highest BCUT2D eigenvalue weighted by atomic mass is 16.5. The van der Waals surface area contributed by atoms with Gasteiger partial charge < -0.3 is 9.64 Å². The van der Waals surface area contributed by atoms with Gasteiger partial charge in [0.25, 0.3) is 5.56 Å². The van der Waals surface area contributed by atoms with Gasteiger partial charge in [0.1, 0.15) is 11.6 Å². The summed E-state index contributed by atoms with van der Waals surface area (Å²) in [4.78, 5) is 33.2. The summed E-state index contributed by atoms with van der Waals surface area (Å²) in [6.45, 7) is 8.69. The molecule has 0 aliphatic carbocycles. The smallest absolute Gasteiger partial charge is 0.266 e. The summed E-state index contributed by atoms with van der Waals surface area (Å²) in [6.07, 6.45) is 1.28. The average Bonchev–Trinajstić information content (AvgIpc) is 2.78. The number of fused-ring (bicyclic) bond motifs is 1. The molecule has 31 heavy (non-hydrogen) atoms. The van der Waals surface area contributed by atoms with Crippen molar-refractivity contribution in [1.29, 1.82) is 0 Å². The number of nitrogens with zero attached hydrogens (tertiary/aromatic N) is 3. The Morgan fingerprint density at radius 1 is 1.10 bits per heavy atom. The minimum absolute atomic E-state index is 0.0436. The Hall–Kier alpha value is -3.15. The first-order valence-corrected chi connectivity index (χ1v) is 10.8. The zero-order valence-corrected chi connectivity index (χ0v) is 19.0. The lowest BCUT2D eigenvalue weighted by Gasteiger charge is -2.31. The second kappa shape index (κ2) is 9.77. The van der Waals surface area contributed by atoms with Crippen LogP contribution < -0.4 is 10.3 Å². The van der Waals surface area contributed by atoms with Gasteiger partial charge >= 0.3 is 0 Å². The molecule has 0 saturated carbocycles. The van der Waals surface area contributed by atoms with E-state index in [0.29, 0.717) is 47.0 Å². The van der Waals surface area contributed by atoms with E-state index in [1.807, 2.05) is 61.2 Å². The van der Waals surface area contributed by atoms with Crippen LogP contribution in [0.3, 0.4) is 0 Å². The number of methoxy groups -OCH3 is 1. The van der Waals surface area contributed by atoms with Crippen molar-refractivity contribution in [3.63, 3.8) is 0 Å². The van der Waals surface area contributed by atoms with Gasteiger partial charge in [0.2, 0.25) is 5.91 Å². The number of ether oxygens (including phenoxy) is 1. The molecule has 1 amide bonds. The molecule has 6 heteroatoms. The molecule has 1 heterocycles. The van der Waals surface area contributed by atoms with E-state index < -0.39 is 0 Å². The Bertz CT molecular complexity index is 1120. The van der Waals surface area contributed by atoms with Crippen LogP contribution in [0.15, 0.2) is 53.3 Å². The minimum atomic E-state index is -0.381. The number of aromatic nitrogens is 2. The molecule has 2 aromatic carbocycles. The number of hydrogen-bond donors (Lipinski definition) is 0. The number of carbonyl (C=O) groups excluding carboxylic acids is 1. The summed E-state index contributed by atoms with van der Waals surface area (Å²) >= 11 is 0. The summed E-state index contributed by atoms with van der Waals surface area (Å²) in [5.41, 5.74) is 1.06. The minimum Gasteiger partial charge on any atom is -0.495 e. The number of rotatable bonds is 8. The summed E-state index contributed by atoms with van der Waals surface area (Å²) in [6, 6.07) is 14.3. The fourth-order valence-electron chi connectivity index (χ4n) is 3.75. The van der Waals surface area contributed by atoms with Gasteiger partial charge in [0, 0.05) is 13.0 Å². The molecule has 0 aliphatic heterocycles. The van der Waals surface area contributed by atoms with Gasteiger partial charge in [-0.2, -0.15) is 0 Å². The van der Waals surface area contributed by atoms with Crippen LogP contribution in [0.4, 0.5) is 0 Å². The Balaban J connectivity index is 2.27. The zero-order chi connectivity index (χ0) is 22.5. The summed E-state index contributed by atoms with van der Waals surface area (Å²) in [7, 11) is 1.58. The Morgan fingerprint density at radius 2 is 1.77 bits per heavy atom. The second-order valence-electron chi connectivity index (χ2n) is 8.10. The standard InChI is InChI=1S/C25H31N3O3/c1-6-23(29)27(16-15-17(2)3)18(4)24-26-20-12-8-7-11-19(20)25(30)28(24)21-13-9-10-14-22(21)31-5/h7-14,17-18H,6,15-16H2,1-5H3. The third-order valence-corrected chi connectivity index (χ3v) is 5.54. The zero-order valence-electron chi connectivity index (χ0n) is 19.0. The van der Waals surface area contributed by atoms with Gasteiger partial charge in [-0.15, -0.1) is 0 Å². The molecule has 0 spiro atoms. The maximum absolute atomic E-state index is 13.6. The van der Waals surface area contributed by atoms with E-state index in [0.717, 1.165) is 6.42 Å². The third-order valence-electron chi connectivity index (χ3n) is 5.54. The van der Waals surface area contributed by atoms with E-state index in [1.54, 1.807) is 17.7 Å². The van der Waals surface area contributed by atoms with Gasteiger partial charge in [-0.1, -0.05) is 45.0 Å². The van der Waals surface area contributed by atoms with Crippen LogP contribution in [0.5, 0.6) is 5.75 Å². The molecule has 0 bridgehead atoms. The number of hydrogen-bond acceptors (Lipinski definition) is 4. The van der Waals surface area contributed by atoms with Crippen molar-refractivity contribution in [2.75, 3.05) is 13.7 Å². The highest BCUT2D eigenvalue weighted by Gasteiger charge is 2.27. The van der Waals surface area contributed by atoms with Crippen LogP contribution in [0, 0.1) is 5.92 Å². The molecule has 1 atom stereocenters. The number of amides is 1. The van der Waals surface area contributed by atoms with Crippen LogP contribution in [0.1, 0.15) is 52.4 Å². The quantitative estimate of drug-likeness (QED) is 0.527. The SMILES string of the molecule is CCC(=O)N(CCC(C)C)C(C)c1nc2ccccc2c(=O)n1-c1ccccc1OC. The van der Waals surface area contributed by atoms with E-state index in [4.69, 9.17) is 9.72 Å². The second-order valence-corrected chi connectivity index (χ2v) is 8.10. The van der Waals surface area contributed by atoms with E-state index in [9.17, 15) is 9.59 Å². The molecule has 1 aromatic heterocycles. The molecule has 0 fully saturated rings. The molecule has 0 saturated heterocycles. The average molecular weight is 422 g/mol. The van der Waals surface area contributed by atoms with Crippen molar-refractivity contribution in [2.24, 2.45) is 5.92 Å². The number of para-hydroxylation sites is 3. The van der Waals surface area contributed by atoms with Gasteiger partial charge in [-0.25, -0.2) is 4.98 Å². The fraction of sp³-hybridized carbons (Fsp3) is 0.400. The Kier molecular flexibility index (Phi) is 7.10. The summed E-state index contributed by atoms with van der Waals surface area (Å²) in [5.74, 6) is 1.60. The van der Waals surface area contributed by atoms with E-state index >= 15 is 0 Å². The van der Waals surface area contributed by atoms with Crippen molar-refractivity contribution < 1.29 is 9.53 Å². The van der Waals surface area contributed by atoms with Crippen LogP contribution in [-0.4, -0.2) is 34.0 Å². The normalized spacial score (nSPS) is 12.2. The lowest BCUT2D eigenvalue weighted by atomic mass is 10.1. The highest BCUT2D eigenvalue weighted by molar-refractivity contribution is 5.79. The first-order chi connectivity index (χ1) is 14.9. The fourth-order valence-corrected chi connectivity index (χ4v) is 3.75. The summed E-state index contributed by atoms with van der Waals surface area (Å²) in [5, 5.41) is 0.528. The van der Waals surface area contributed by atoms with Gasteiger partial charge in [0.05, 0.1) is 29.7 Å². The molecule has 1 unspecified atom stereocenters. The van der Waals surface area contributed by atoms with Crippen molar-refractivity contribution in [2.45, 2.75) is 46.6 Å². The van der Waals surface area contributed by atoms with E-state index in [1.165, 1.54) is 0 Å². The molecule has 164 valence electrons. The predicted molar refractivity (Wildman–Crippen MR) is 124 cm³/mol. The monoisotopic (exact) mass is 421 g/mol. The maximum atomic E-state index is 13.6. The molecule has 0 radical (unpaired) electrons. The van der Waals surface area contributed by atoms with Crippen molar-refractivity contribution in [3.8, 4) is 11.4 Å².